The third kappa shape index (κ3) is 6.42. The molecule has 202 valence electrons. The Morgan fingerprint density at radius 1 is 1.22 bits per heavy atom. The molecule has 5 atom stereocenters. The molecule has 2 aliphatic rings. The lowest BCUT2D eigenvalue weighted by Gasteiger charge is -2.51. The molecule has 0 radical (unpaired) electrons. The molecule has 0 aromatic carbocycles. The number of ether oxygens (including phenoxy) is 2. The number of rotatable bonds is 9. The van der Waals surface area contributed by atoms with Crippen LogP contribution in [-0.4, -0.2) is 73.4 Å². The standard InChI is InChI=1S/C25H39NO9Si/c1-8-13-33-24(32)35-15(2)18-19(26(21(18)28)22(29)23(30)31)17-11-9-10-16(20(17)27)12-14-34-36(6,7)25(3,4)5/h8,15-19H,1,9-14H2,2-7H3,(H,30,31)/t15-,16?,17+,18-,19-/m1/s1. The molecular formula is C25H39NO9Si. The van der Waals surface area contributed by atoms with Crippen molar-refractivity contribution in [3.63, 3.8) is 0 Å². The Morgan fingerprint density at radius 3 is 2.42 bits per heavy atom. The Labute approximate surface area is 213 Å². The van der Waals surface area contributed by atoms with Crippen LogP contribution in [0.5, 0.6) is 0 Å². The van der Waals surface area contributed by atoms with E-state index < -0.39 is 56.2 Å². The summed E-state index contributed by atoms with van der Waals surface area (Å²) >= 11 is 0. The molecule has 36 heavy (non-hydrogen) atoms. The number of ketones is 1. The van der Waals surface area contributed by atoms with Crippen LogP contribution in [-0.2, 0) is 33.1 Å². The Morgan fingerprint density at radius 2 is 1.86 bits per heavy atom. The first-order valence-electron chi connectivity index (χ1n) is 12.4. The summed E-state index contributed by atoms with van der Waals surface area (Å²) in [7, 11) is -1.99. The van der Waals surface area contributed by atoms with Crippen LogP contribution in [0.25, 0.3) is 0 Å². The fourth-order valence-corrected chi connectivity index (χ4v) is 5.70. The molecule has 0 spiro atoms. The highest BCUT2D eigenvalue weighted by Gasteiger charge is 2.60. The Bertz CT molecular complexity index is 894. The third-order valence-electron chi connectivity index (χ3n) is 7.68. The van der Waals surface area contributed by atoms with Gasteiger partial charge in [-0.05, 0) is 44.3 Å². The molecule has 1 N–H and O–H groups in total. The summed E-state index contributed by atoms with van der Waals surface area (Å²) < 4.78 is 16.2. The first kappa shape index (κ1) is 29.7. The number of carboxylic acids is 1. The van der Waals surface area contributed by atoms with Crippen molar-refractivity contribution in [1.29, 1.82) is 0 Å². The highest BCUT2D eigenvalue weighted by molar-refractivity contribution is 6.74. The van der Waals surface area contributed by atoms with Gasteiger partial charge in [-0.3, -0.25) is 19.3 Å². The van der Waals surface area contributed by atoms with Crippen molar-refractivity contribution in [3.8, 4) is 0 Å². The molecule has 1 saturated carbocycles. The normalized spacial score (nSPS) is 25.6. The molecule has 10 nitrogen and oxygen atoms in total. The third-order valence-corrected chi connectivity index (χ3v) is 12.2. The maximum atomic E-state index is 13.5. The minimum atomic E-state index is -1.99. The number of Topliss-reactive ketones (excluding diaryl/α,β-unsaturated/α-hetero) is 1. The monoisotopic (exact) mass is 525 g/mol. The van der Waals surface area contributed by atoms with E-state index in [1.807, 2.05) is 0 Å². The second-order valence-electron chi connectivity index (χ2n) is 11.0. The van der Waals surface area contributed by atoms with E-state index in [1.54, 1.807) is 0 Å². The molecule has 1 unspecified atom stereocenters. The van der Waals surface area contributed by atoms with Gasteiger partial charge in [0.15, 0.2) is 8.32 Å². The summed E-state index contributed by atoms with van der Waals surface area (Å²) in [5, 5.41) is 9.27. The van der Waals surface area contributed by atoms with Gasteiger partial charge in [-0.2, -0.15) is 0 Å². The van der Waals surface area contributed by atoms with E-state index in [4.69, 9.17) is 13.9 Å². The van der Waals surface area contributed by atoms with Crippen LogP contribution in [0.1, 0.15) is 53.4 Å². The summed E-state index contributed by atoms with van der Waals surface area (Å²) in [4.78, 5) is 62.6. The minimum Gasteiger partial charge on any atom is -0.474 e. The number of β-lactam (4-membered cyclic amide) rings is 1. The summed E-state index contributed by atoms with van der Waals surface area (Å²) in [6.45, 7) is 15.9. The molecule has 1 aliphatic carbocycles. The predicted octanol–water partition coefficient (Wildman–Crippen LogP) is 3.55. The van der Waals surface area contributed by atoms with Gasteiger partial charge in [0.1, 0.15) is 18.5 Å². The SMILES string of the molecule is C=CCOC(=O)O[C@H](C)[C@H]1C(=O)N(C(=O)C(=O)O)[C@@H]1[C@@H]1CCCC(CCO[Si](C)(C)C(C)(C)C)C1=O. The molecule has 1 aliphatic heterocycles. The topological polar surface area (TPSA) is 137 Å². The number of carbonyl (C=O) groups excluding carboxylic acids is 4. The van der Waals surface area contributed by atoms with Crippen molar-refractivity contribution in [1.82, 2.24) is 4.90 Å². The van der Waals surface area contributed by atoms with Gasteiger partial charge < -0.3 is 19.0 Å². The van der Waals surface area contributed by atoms with E-state index >= 15 is 0 Å². The van der Waals surface area contributed by atoms with Crippen LogP contribution in [0.3, 0.4) is 0 Å². The number of carbonyl (C=O) groups is 5. The summed E-state index contributed by atoms with van der Waals surface area (Å²) in [6, 6.07) is -1.00. The molecule has 2 rings (SSSR count). The van der Waals surface area contributed by atoms with Crippen molar-refractivity contribution in [2.24, 2.45) is 17.8 Å². The van der Waals surface area contributed by atoms with Crippen LogP contribution in [0.15, 0.2) is 12.7 Å². The second kappa shape index (κ2) is 11.7. The number of imide groups is 1. The molecule has 2 fully saturated rings. The van der Waals surface area contributed by atoms with Gasteiger partial charge in [0, 0.05) is 18.4 Å². The van der Waals surface area contributed by atoms with E-state index in [2.05, 4.69) is 40.4 Å². The van der Waals surface area contributed by atoms with E-state index in [1.165, 1.54) is 13.0 Å². The van der Waals surface area contributed by atoms with Gasteiger partial charge in [-0.1, -0.05) is 39.8 Å². The Hall–Kier alpha value is -2.53. The molecule has 0 aromatic rings. The van der Waals surface area contributed by atoms with Gasteiger partial charge in [0.2, 0.25) is 5.91 Å². The van der Waals surface area contributed by atoms with Crippen LogP contribution in [0, 0.1) is 17.8 Å². The van der Waals surface area contributed by atoms with Crippen molar-refractivity contribution in [2.45, 2.75) is 83.7 Å². The molecule has 0 aromatic heterocycles. The number of hydrogen-bond acceptors (Lipinski definition) is 8. The largest absolute Gasteiger partial charge is 0.508 e. The van der Waals surface area contributed by atoms with Crippen LogP contribution in [0.4, 0.5) is 4.79 Å². The van der Waals surface area contributed by atoms with Crippen molar-refractivity contribution in [2.75, 3.05) is 13.2 Å². The number of likely N-dealkylation sites (tertiary alicyclic amines) is 1. The Kier molecular flexibility index (Phi) is 9.63. The average molecular weight is 526 g/mol. The molecule has 1 heterocycles. The lowest BCUT2D eigenvalue weighted by Crippen LogP contribution is -2.71. The summed E-state index contributed by atoms with van der Waals surface area (Å²) in [5.74, 6) is -6.16. The van der Waals surface area contributed by atoms with Crippen LogP contribution >= 0.6 is 0 Å². The van der Waals surface area contributed by atoms with Crippen molar-refractivity contribution < 1.29 is 43.0 Å². The Balaban J connectivity index is 2.19. The first-order chi connectivity index (χ1) is 16.6. The number of amides is 2. The summed E-state index contributed by atoms with van der Waals surface area (Å²) in [5.41, 5.74) is 0. The van der Waals surface area contributed by atoms with Gasteiger partial charge in [0.25, 0.3) is 0 Å². The van der Waals surface area contributed by atoms with E-state index in [-0.39, 0.29) is 23.3 Å². The number of carboxylic acid groups (broad SMARTS) is 1. The average Bonchev–Trinajstić information content (AvgIpc) is 2.76. The first-order valence-corrected chi connectivity index (χ1v) is 15.3. The molecule has 11 heteroatoms. The predicted molar refractivity (Wildman–Crippen MR) is 132 cm³/mol. The smallest absolute Gasteiger partial charge is 0.474 e. The zero-order valence-corrected chi connectivity index (χ0v) is 23.1. The van der Waals surface area contributed by atoms with E-state index in [9.17, 15) is 29.1 Å². The zero-order valence-electron chi connectivity index (χ0n) is 22.1. The van der Waals surface area contributed by atoms with E-state index in [0.717, 1.165) is 0 Å². The zero-order chi connectivity index (χ0) is 27.4. The maximum absolute atomic E-state index is 13.5. The van der Waals surface area contributed by atoms with E-state index in [0.29, 0.717) is 37.2 Å². The fourth-order valence-electron chi connectivity index (χ4n) is 4.64. The lowest BCUT2D eigenvalue weighted by atomic mass is 9.67. The number of aliphatic carboxylic acids is 1. The molecular weight excluding hydrogens is 486 g/mol. The van der Waals surface area contributed by atoms with Crippen molar-refractivity contribution in [3.05, 3.63) is 12.7 Å². The quantitative estimate of drug-likeness (QED) is 0.157. The molecule has 1 saturated heterocycles. The number of nitrogens with zero attached hydrogens (tertiary/aromatic N) is 1. The van der Waals surface area contributed by atoms with Crippen molar-refractivity contribution >= 4 is 38.0 Å². The highest BCUT2D eigenvalue weighted by Crippen LogP contribution is 2.43. The number of hydrogen-bond donors (Lipinski definition) is 1. The summed E-state index contributed by atoms with van der Waals surface area (Å²) in [6.07, 6.45) is 1.58. The van der Waals surface area contributed by atoms with Gasteiger partial charge in [-0.25, -0.2) is 9.59 Å². The molecule has 2 amide bonds. The second-order valence-corrected chi connectivity index (χ2v) is 15.9. The fraction of sp³-hybridized carbons (Fsp3) is 0.720. The van der Waals surface area contributed by atoms with Gasteiger partial charge in [0.05, 0.1) is 12.0 Å². The van der Waals surface area contributed by atoms with Gasteiger partial charge in [-0.15, -0.1) is 0 Å². The van der Waals surface area contributed by atoms with Crippen LogP contribution < -0.4 is 0 Å². The lowest BCUT2D eigenvalue weighted by molar-refractivity contribution is -0.184. The maximum Gasteiger partial charge on any atom is 0.508 e. The van der Waals surface area contributed by atoms with Gasteiger partial charge >= 0.3 is 18.0 Å². The van der Waals surface area contributed by atoms with Crippen LogP contribution in [0.2, 0.25) is 18.1 Å². The highest BCUT2D eigenvalue weighted by atomic mass is 28.4. The molecule has 0 bridgehead atoms. The minimum absolute atomic E-state index is 0.0340.